The molecule has 5 nitrogen and oxygen atoms in total. The molecule has 7 heteroatoms. The quantitative estimate of drug-likeness (QED) is 0.769. The smallest absolute Gasteiger partial charge is 0.225 e. The van der Waals surface area contributed by atoms with Crippen molar-refractivity contribution in [3.8, 4) is 0 Å². The van der Waals surface area contributed by atoms with E-state index in [1.165, 1.54) is 4.88 Å². The molecular weight excluding hydrogens is 298 g/mol. The second-order valence-electron chi connectivity index (χ2n) is 4.45. The number of ether oxygens (including phenoxy) is 1. The van der Waals surface area contributed by atoms with Crippen LogP contribution in [0.2, 0.25) is 5.28 Å². The molecule has 0 fully saturated rings. The molecule has 110 valence electrons. The summed E-state index contributed by atoms with van der Waals surface area (Å²) in [5, 5.41) is 14.0. The van der Waals surface area contributed by atoms with Crippen LogP contribution in [0.5, 0.6) is 0 Å². The van der Waals surface area contributed by atoms with Gasteiger partial charge in [0.25, 0.3) is 0 Å². The van der Waals surface area contributed by atoms with Gasteiger partial charge in [-0.2, -0.15) is 0 Å². The van der Waals surface area contributed by atoms with Gasteiger partial charge in [0.15, 0.2) is 0 Å². The van der Waals surface area contributed by atoms with Gasteiger partial charge in [-0.25, -0.2) is 9.97 Å². The van der Waals surface area contributed by atoms with Crippen LogP contribution in [0.3, 0.4) is 0 Å². The third kappa shape index (κ3) is 3.79. The zero-order chi connectivity index (χ0) is 14.5. The van der Waals surface area contributed by atoms with Crippen molar-refractivity contribution in [3.05, 3.63) is 16.2 Å². The Hall–Kier alpha value is -0.950. The largest absolute Gasteiger partial charge is 0.391 e. The topological polar surface area (TPSA) is 67.3 Å². The van der Waals surface area contributed by atoms with E-state index >= 15 is 0 Å². The number of rotatable bonds is 7. The predicted molar refractivity (Wildman–Crippen MR) is 82.8 cm³/mol. The fourth-order valence-electron chi connectivity index (χ4n) is 1.89. The van der Waals surface area contributed by atoms with E-state index in [4.69, 9.17) is 16.3 Å². The van der Waals surface area contributed by atoms with Crippen molar-refractivity contribution in [2.24, 2.45) is 0 Å². The van der Waals surface area contributed by atoms with Gasteiger partial charge >= 0.3 is 0 Å². The first-order chi connectivity index (χ1) is 9.63. The third-order valence-electron chi connectivity index (χ3n) is 2.89. The summed E-state index contributed by atoms with van der Waals surface area (Å²) >= 11 is 7.57. The average Bonchev–Trinajstić information content (AvgIpc) is 2.82. The van der Waals surface area contributed by atoms with E-state index in [1.807, 2.05) is 0 Å². The Morgan fingerprint density at radius 1 is 1.50 bits per heavy atom. The molecule has 0 spiro atoms. The van der Waals surface area contributed by atoms with Crippen molar-refractivity contribution in [1.29, 1.82) is 0 Å². The molecule has 2 aromatic heterocycles. The van der Waals surface area contributed by atoms with Crippen molar-refractivity contribution in [2.75, 3.05) is 25.6 Å². The first-order valence-electron chi connectivity index (χ1n) is 6.50. The first kappa shape index (κ1) is 15.4. The molecule has 2 N–H and O–H groups in total. The first-order valence-corrected chi connectivity index (χ1v) is 7.70. The number of nitrogens with one attached hydrogen (secondary N) is 1. The van der Waals surface area contributed by atoms with Crippen LogP contribution in [0.4, 0.5) is 5.82 Å². The lowest BCUT2D eigenvalue weighted by Gasteiger charge is -2.11. The Morgan fingerprint density at radius 2 is 2.30 bits per heavy atom. The van der Waals surface area contributed by atoms with Crippen LogP contribution < -0.4 is 5.32 Å². The number of aliphatic hydroxyl groups excluding tert-OH is 1. The van der Waals surface area contributed by atoms with Crippen molar-refractivity contribution >= 4 is 39.0 Å². The second kappa shape index (κ2) is 7.17. The molecule has 1 atom stereocenters. The summed E-state index contributed by atoms with van der Waals surface area (Å²) in [7, 11) is 1.57. The fraction of sp³-hybridized carbons (Fsp3) is 0.538. The number of methoxy groups -OCH3 is 1. The maximum Gasteiger partial charge on any atom is 0.225 e. The number of aryl methyl sites for hydroxylation is 1. The molecule has 0 aliphatic heterocycles. The number of fused-ring (bicyclic) bond motifs is 1. The SMILES string of the molecule is CCc1cc2c(NCCC(O)COC)nc(Cl)nc2s1. The van der Waals surface area contributed by atoms with Gasteiger partial charge < -0.3 is 15.2 Å². The zero-order valence-corrected chi connectivity index (χ0v) is 13.1. The van der Waals surface area contributed by atoms with Gasteiger partial charge in [0.2, 0.25) is 5.28 Å². The van der Waals surface area contributed by atoms with E-state index in [0.717, 1.165) is 22.5 Å². The normalized spacial score (nSPS) is 12.8. The summed E-state index contributed by atoms with van der Waals surface area (Å²) in [5.41, 5.74) is 0. The van der Waals surface area contributed by atoms with Crippen molar-refractivity contribution in [2.45, 2.75) is 25.9 Å². The Labute approximate surface area is 127 Å². The van der Waals surface area contributed by atoms with E-state index in [2.05, 4.69) is 28.3 Å². The molecule has 0 aliphatic rings. The summed E-state index contributed by atoms with van der Waals surface area (Å²) < 4.78 is 4.89. The Morgan fingerprint density at radius 3 is 3.00 bits per heavy atom. The second-order valence-corrected chi connectivity index (χ2v) is 5.90. The molecule has 0 bridgehead atoms. The monoisotopic (exact) mass is 315 g/mol. The standard InChI is InChI=1S/C13H18ClN3O2S/c1-3-9-6-10-11(15-5-4-8(18)7-19-2)16-13(14)17-12(10)20-9/h6,8,18H,3-5,7H2,1-2H3,(H,15,16,17). The molecule has 0 aromatic carbocycles. The lowest BCUT2D eigenvalue weighted by molar-refractivity contribution is 0.0615. The van der Waals surface area contributed by atoms with Gasteiger partial charge in [0.05, 0.1) is 18.1 Å². The molecule has 2 rings (SSSR count). The van der Waals surface area contributed by atoms with E-state index in [0.29, 0.717) is 19.6 Å². The van der Waals surface area contributed by atoms with Crippen LogP contribution in [-0.2, 0) is 11.2 Å². The number of hydrogen-bond donors (Lipinski definition) is 2. The number of thiophene rings is 1. The van der Waals surface area contributed by atoms with E-state index < -0.39 is 6.10 Å². The minimum Gasteiger partial charge on any atom is -0.391 e. The van der Waals surface area contributed by atoms with Crippen LogP contribution in [0.25, 0.3) is 10.2 Å². The molecule has 20 heavy (non-hydrogen) atoms. The van der Waals surface area contributed by atoms with Gasteiger partial charge in [-0.05, 0) is 30.5 Å². The molecule has 2 heterocycles. The third-order valence-corrected chi connectivity index (χ3v) is 4.24. The molecule has 0 radical (unpaired) electrons. The summed E-state index contributed by atoms with van der Waals surface area (Å²) in [5.74, 6) is 0.723. The maximum atomic E-state index is 9.62. The highest BCUT2D eigenvalue weighted by Gasteiger charge is 2.11. The molecule has 2 aromatic rings. The number of anilines is 1. The zero-order valence-electron chi connectivity index (χ0n) is 11.5. The van der Waals surface area contributed by atoms with Crippen LogP contribution >= 0.6 is 22.9 Å². The highest BCUT2D eigenvalue weighted by Crippen LogP contribution is 2.30. The van der Waals surface area contributed by atoms with E-state index in [1.54, 1.807) is 18.4 Å². The maximum absolute atomic E-state index is 9.62. The molecule has 0 amide bonds. The number of hydrogen-bond acceptors (Lipinski definition) is 6. The summed E-state index contributed by atoms with van der Waals surface area (Å²) in [4.78, 5) is 10.6. The Kier molecular flexibility index (Phi) is 5.54. The highest BCUT2D eigenvalue weighted by atomic mass is 35.5. The molecule has 0 aliphatic carbocycles. The van der Waals surface area contributed by atoms with Crippen LogP contribution in [0, 0.1) is 0 Å². The summed E-state index contributed by atoms with van der Waals surface area (Å²) in [6, 6.07) is 2.09. The average molecular weight is 316 g/mol. The minimum atomic E-state index is -0.478. The van der Waals surface area contributed by atoms with Crippen molar-refractivity contribution in [3.63, 3.8) is 0 Å². The van der Waals surface area contributed by atoms with Crippen LogP contribution in [-0.4, -0.2) is 41.4 Å². The predicted octanol–water partition coefficient (Wildman–Crippen LogP) is 2.72. The Balaban J connectivity index is 2.10. The molecule has 0 saturated heterocycles. The van der Waals surface area contributed by atoms with Gasteiger partial charge in [0.1, 0.15) is 10.6 Å². The number of aliphatic hydroxyl groups is 1. The Bertz CT molecular complexity index is 576. The van der Waals surface area contributed by atoms with E-state index in [9.17, 15) is 5.11 Å². The number of nitrogens with zero attached hydrogens (tertiary/aromatic N) is 2. The number of halogens is 1. The lowest BCUT2D eigenvalue weighted by atomic mass is 10.2. The van der Waals surface area contributed by atoms with Crippen molar-refractivity contribution in [1.82, 2.24) is 9.97 Å². The van der Waals surface area contributed by atoms with Gasteiger partial charge in [-0.1, -0.05) is 6.92 Å². The minimum absolute atomic E-state index is 0.238. The summed E-state index contributed by atoms with van der Waals surface area (Å²) in [6.07, 6.45) is 1.07. The molecular formula is C13H18ClN3O2S. The number of aromatic nitrogens is 2. The van der Waals surface area contributed by atoms with Gasteiger partial charge in [0, 0.05) is 18.5 Å². The van der Waals surface area contributed by atoms with Crippen LogP contribution in [0.15, 0.2) is 6.07 Å². The fourth-order valence-corrected chi connectivity index (χ4v) is 3.07. The van der Waals surface area contributed by atoms with Crippen LogP contribution in [0.1, 0.15) is 18.2 Å². The summed E-state index contributed by atoms with van der Waals surface area (Å²) in [6.45, 7) is 3.04. The highest BCUT2D eigenvalue weighted by molar-refractivity contribution is 7.18. The van der Waals surface area contributed by atoms with Gasteiger partial charge in [-0.15, -0.1) is 11.3 Å². The van der Waals surface area contributed by atoms with Crippen molar-refractivity contribution < 1.29 is 9.84 Å². The van der Waals surface area contributed by atoms with Gasteiger partial charge in [-0.3, -0.25) is 0 Å². The molecule has 1 unspecified atom stereocenters. The molecule has 0 saturated carbocycles. The lowest BCUT2D eigenvalue weighted by Crippen LogP contribution is -2.18. The van der Waals surface area contributed by atoms with E-state index in [-0.39, 0.29) is 5.28 Å².